The zero-order valence-corrected chi connectivity index (χ0v) is 13.0. The number of carbonyl (C=O) groups excluding carboxylic acids is 1. The number of esters is 1. The molecule has 2 heteroatoms. The van der Waals surface area contributed by atoms with Crippen molar-refractivity contribution in [1.82, 2.24) is 0 Å². The number of rotatable bonds is 7. The van der Waals surface area contributed by atoms with Crippen LogP contribution in [0.3, 0.4) is 0 Å². The Balaban J connectivity index is 2.14. The fourth-order valence-electron chi connectivity index (χ4n) is 2.67. The molecule has 0 fully saturated rings. The number of fused-ring (bicyclic) bond motifs is 1. The number of ether oxygens (including phenoxy) is 1. The summed E-state index contributed by atoms with van der Waals surface area (Å²) >= 11 is 0. The molecule has 2 aromatic rings. The molecule has 0 spiro atoms. The Kier molecular flexibility index (Phi) is 5.79. The summed E-state index contributed by atoms with van der Waals surface area (Å²) in [5.74, 6) is 0.147. The van der Waals surface area contributed by atoms with Gasteiger partial charge >= 0.3 is 5.97 Å². The van der Waals surface area contributed by atoms with Crippen molar-refractivity contribution < 1.29 is 9.53 Å². The van der Waals surface area contributed by atoms with Gasteiger partial charge in [-0.15, -0.1) is 0 Å². The first kappa shape index (κ1) is 15.6. The van der Waals surface area contributed by atoms with Gasteiger partial charge in [-0.2, -0.15) is 0 Å². The highest BCUT2D eigenvalue weighted by atomic mass is 16.5. The minimum Gasteiger partial charge on any atom is -0.466 e. The minimum absolute atomic E-state index is 0.0803. The van der Waals surface area contributed by atoms with Crippen LogP contribution in [0, 0.1) is 0 Å². The van der Waals surface area contributed by atoms with Gasteiger partial charge in [-0.1, -0.05) is 62.7 Å². The Bertz CT molecular complexity index is 584. The molecule has 0 aliphatic heterocycles. The maximum atomic E-state index is 12.0. The molecule has 0 saturated carbocycles. The fourth-order valence-corrected chi connectivity index (χ4v) is 2.67. The molecule has 2 aromatic carbocycles. The summed E-state index contributed by atoms with van der Waals surface area (Å²) in [5, 5.41) is 2.47. The molecule has 1 unspecified atom stereocenters. The molecule has 112 valence electrons. The Hall–Kier alpha value is -1.83. The third-order valence-electron chi connectivity index (χ3n) is 3.93. The van der Waals surface area contributed by atoms with E-state index < -0.39 is 0 Å². The highest BCUT2D eigenvalue weighted by Crippen LogP contribution is 2.30. The van der Waals surface area contributed by atoms with Gasteiger partial charge in [0.1, 0.15) is 0 Å². The first-order valence-electron chi connectivity index (χ1n) is 7.89. The Morgan fingerprint density at radius 3 is 2.62 bits per heavy atom. The molecule has 2 nitrogen and oxygen atoms in total. The van der Waals surface area contributed by atoms with Gasteiger partial charge in [0.25, 0.3) is 0 Å². The van der Waals surface area contributed by atoms with Crippen LogP contribution in [0.25, 0.3) is 10.8 Å². The van der Waals surface area contributed by atoms with Crippen LogP contribution in [-0.2, 0) is 9.53 Å². The number of hydrogen-bond acceptors (Lipinski definition) is 2. The van der Waals surface area contributed by atoms with Gasteiger partial charge in [0, 0.05) is 0 Å². The highest BCUT2D eigenvalue weighted by Gasteiger charge is 2.17. The lowest BCUT2D eigenvalue weighted by Crippen LogP contribution is -2.11. The maximum Gasteiger partial charge on any atom is 0.306 e. The number of carbonyl (C=O) groups is 1. The number of benzene rings is 2. The quantitative estimate of drug-likeness (QED) is 0.524. The third-order valence-corrected chi connectivity index (χ3v) is 3.93. The molecule has 0 saturated heterocycles. The predicted octanol–water partition coefficient (Wildman–Crippen LogP) is 5.07. The van der Waals surface area contributed by atoms with Crippen LogP contribution in [0.2, 0.25) is 0 Å². The number of unbranched alkanes of at least 4 members (excludes halogenated alkanes) is 1. The van der Waals surface area contributed by atoms with Crippen molar-refractivity contribution in [2.45, 2.75) is 45.4 Å². The lowest BCUT2D eigenvalue weighted by atomic mass is 9.89. The first-order chi connectivity index (χ1) is 10.3. The molecule has 1 atom stereocenters. The summed E-state index contributed by atoms with van der Waals surface area (Å²) in [6.45, 7) is 4.77. The molecule has 0 heterocycles. The van der Waals surface area contributed by atoms with Gasteiger partial charge in [-0.3, -0.25) is 4.79 Å². The molecule has 0 aliphatic rings. The van der Waals surface area contributed by atoms with E-state index in [1.165, 1.54) is 16.3 Å². The lowest BCUT2D eigenvalue weighted by molar-refractivity contribution is -0.144. The zero-order valence-electron chi connectivity index (χ0n) is 13.0. The molecule has 2 rings (SSSR count). The normalized spacial score (nSPS) is 12.3. The van der Waals surface area contributed by atoms with Crippen molar-refractivity contribution in [2.24, 2.45) is 0 Å². The largest absolute Gasteiger partial charge is 0.466 e. The Labute approximate surface area is 127 Å². The van der Waals surface area contributed by atoms with E-state index in [0.29, 0.717) is 13.0 Å². The minimum atomic E-state index is -0.0803. The van der Waals surface area contributed by atoms with Crippen LogP contribution in [-0.4, -0.2) is 12.6 Å². The van der Waals surface area contributed by atoms with Crippen LogP contribution >= 0.6 is 0 Å². The summed E-state index contributed by atoms with van der Waals surface area (Å²) in [5.41, 5.74) is 1.25. The van der Waals surface area contributed by atoms with Crippen molar-refractivity contribution in [2.75, 3.05) is 6.61 Å². The Morgan fingerprint density at radius 2 is 1.86 bits per heavy atom. The molecule has 0 radical (unpaired) electrons. The van der Waals surface area contributed by atoms with Crippen LogP contribution in [0.1, 0.15) is 51.0 Å². The summed E-state index contributed by atoms with van der Waals surface area (Å²) < 4.78 is 5.31. The highest BCUT2D eigenvalue weighted by molar-refractivity contribution is 5.86. The van der Waals surface area contributed by atoms with E-state index in [2.05, 4.69) is 50.2 Å². The van der Waals surface area contributed by atoms with E-state index in [1.807, 2.05) is 6.07 Å². The Morgan fingerprint density at radius 1 is 1.10 bits per heavy atom. The van der Waals surface area contributed by atoms with Gasteiger partial charge in [0.05, 0.1) is 13.0 Å². The van der Waals surface area contributed by atoms with Crippen molar-refractivity contribution >= 4 is 16.7 Å². The van der Waals surface area contributed by atoms with E-state index >= 15 is 0 Å². The molecular formula is C19H24O2. The second-order valence-corrected chi connectivity index (χ2v) is 5.45. The van der Waals surface area contributed by atoms with E-state index in [4.69, 9.17) is 4.74 Å². The molecule has 0 amide bonds. The topological polar surface area (TPSA) is 26.3 Å². The zero-order chi connectivity index (χ0) is 15.1. The molecule has 21 heavy (non-hydrogen) atoms. The summed E-state index contributed by atoms with van der Waals surface area (Å²) in [6.07, 6.45) is 3.40. The maximum absolute atomic E-state index is 12.0. The molecule has 0 bridgehead atoms. The van der Waals surface area contributed by atoms with Crippen LogP contribution in [0.4, 0.5) is 0 Å². The van der Waals surface area contributed by atoms with E-state index in [9.17, 15) is 4.79 Å². The van der Waals surface area contributed by atoms with E-state index in [-0.39, 0.29) is 11.9 Å². The van der Waals surface area contributed by atoms with Crippen LogP contribution in [0.5, 0.6) is 0 Å². The van der Waals surface area contributed by atoms with Gasteiger partial charge in [-0.25, -0.2) is 0 Å². The number of hydrogen-bond donors (Lipinski definition) is 0. The standard InChI is InChI=1S/C19H24O2/c1-3-5-13-21-19(20)14-15(4-2)17-12-8-10-16-9-6-7-11-18(16)17/h6-12,15H,3-5,13-14H2,1-2H3. The van der Waals surface area contributed by atoms with Crippen molar-refractivity contribution in [1.29, 1.82) is 0 Å². The van der Waals surface area contributed by atoms with E-state index in [0.717, 1.165) is 19.3 Å². The second kappa shape index (κ2) is 7.82. The first-order valence-corrected chi connectivity index (χ1v) is 7.89. The average molecular weight is 284 g/mol. The van der Waals surface area contributed by atoms with Crippen molar-refractivity contribution in [3.63, 3.8) is 0 Å². The second-order valence-electron chi connectivity index (χ2n) is 5.45. The smallest absolute Gasteiger partial charge is 0.306 e. The van der Waals surface area contributed by atoms with Gasteiger partial charge < -0.3 is 4.74 Å². The van der Waals surface area contributed by atoms with Crippen molar-refractivity contribution in [3.05, 3.63) is 48.0 Å². The molecular weight excluding hydrogens is 260 g/mol. The van der Waals surface area contributed by atoms with E-state index in [1.54, 1.807) is 0 Å². The van der Waals surface area contributed by atoms with Crippen LogP contribution in [0.15, 0.2) is 42.5 Å². The van der Waals surface area contributed by atoms with Gasteiger partial charge in [0.2, 0.25) is 0 Å². The molecule has 0 aromatic heterocycles. The van der Waals surface area contributed by atoms with Gasteiger partial charge in [-0.05, 0) is 35.1 Å². The van der Waals surface area contributed by atoms with Gasteiger partial charge in [0.15, 0.2) is 0 Å². The summed E-state index contributed by atoms with van der Waals surface area (Å²) in [6, 6.07) is 14.7. The monoisotopic (exact) mass is 284 g/mol. The molecule has 0 N–H and O–H groups in total. The fraction of sp³-hybridized carbons (Fsp3) is 0.421. The van der Waals surface area contributed by atoms with Crippen LogP contribution < -0.4 is 0 Å². The molecule has 0 aliphatic carbocycles. The average Bonchev–Trinajstić information content (AvgIpc) is 2.52. The van der Waals surface area contributed by atoms with Crippen molar-refractivity contribution in [3.8, 4) is 0 Å². The lowest BCUT2D eigenvalue weighted by Gasteiger charge is -2.17. The summed E-state index contributed by atoms with van der Waals surface area (Å²) in [7, 11) is 0. The SMILES string of the molecule is CCCCOC(=O)CC(CC)c1cccc2ccccc12. The summed E-state index contributed by atoms with van der Waals surface area (Å²) in [4.78, 5) is 12.0. The third kappa shape index (κ3) is 4.07. The predicted molar refractivity (Wildman–Crippen MR) is 87.5 cm³/mol.